The summed E-state index contributed by atoms with van der Waals surface area (Å²) in [5, 5.41) is 20.9. The molecule has 4 aromatic rings. The zero-order valence-electron chi connectivity index (χ0n) is 25.2. The van der Waals surface area contributed by atoms with Crippen molar-refractivity contribution in [2.24, 2.45) is 5.92 Å². The standard InChI is InChI=1S/C35H32F5NO5S/c1-19-26(18-47-14-13-42)45-35(46-33(19)23-7-5-20(17-43)6-8-23)24-11-9-22(10-12-24)25-4-2-3-21(15-25)16-41-34(44)27-28(36)30(38)32(40)31(39)29(27)37/h2-12,15,19,26,33,35,42-43H,13-14,16-18H2,1H3,(H,41,44). The Kier molecular flexibility index (Phi) is 11.3. The van der Waals surface area contributed by atoms with E-state index in [0.717, 1.165) is 27.8 Å². The molecular formula is C35H32F5NO5S. The second-order valence-corrected chi connectivity index (χ2v) is 12.2. The van der Waals surface area contributed by atoms with Crippen molar-refractivity contribution in [3.05, 3.63) is 130 Å². The van der Waals surface area contributed by atoms with Gasteiger partial charge in [0.05, 0.1) is 25.4 Å². The molecule has 6 nitrogen and oxygen atoms in total. The van der Waals surface area contributed by atoms with Crippen LogP contribution in [0.5, 0.6) is 0 Å². The van der Waals surface area contributed by atoms with Crippen LogP contribution in [0.1, 0.15) is 51.9 Å². The summed E-state index contributed by atoms with van der Waals surface area (Å²) in [6.45, 7) is 1.84. The lowest BCUT2D eigenvalue weighted by Crippen LogP contribution is -2.38. The molecule has 47 heavy (non-hydrogen) atoms. The van der Waals surface area contributed by atoms with Crippen molar-refractivity contribution in [3.63, 3.8) is 0 Å². The van der Waals surface area contributed by atoms with Crippen LogP contribution in [0.2, 0.25) is 0 Å². The topological polar surface area (TPSA) is 88.0 Å². The highest BCUT2D eigenvalue weighted by Crippen LogP contribution is 2.42. The molecule has 0 bridgehead atoms. The number of thioether (sulfide) groups is 1. The Balaban J connectivity index is 1.31. The highest BCUT2D eigenvalue weighted by molar-refractivity contribution is 7.99. The molecule has 1 fully saturated rings. The third kappa shape index (κ3) is 7.68. The maximum atomic E-state index is 14.1. The number of rotatable bonds is 11. The number of hydrogen-bond acceptors (Lipinski definition) is 6. The fourth-order valence-corrected chi connectivity index (χ4v) is 6.25. The Morgan fingerprint density at radius 3 is 2.06 bits per heavy atom. The van der Waals surface area contributed by atoms with Gasteiger partial charge in [0, 0.05) is 29.5 Å². The minimum absolute atomic E-state index is 0.00835. The summed E-state index contributed by atoms with van der Waals surface area (Å²) in [6, 6.07) is 22.0. The van der Waals surface area contributed by atoms with Crippen molar-refractivity contribution in [2.75, 3.05) is 18.1 Å². The summed E-state index contributed by atoms with van der Waals surface area (Å²) >= 11 is 1.60. The number of halogens is 5. The summed E-state index contributed by atoms with van der Waals surface area (Å²) in [4.78, 5) is 12.4. The summed E-state index contributed by atoms with van der Waals surface area (Å²) < 4.78 is 81.5. The van der Waals surface area contributed by atoms with Gasteiger partial charge in [-0.1, -0.05) is 73.7 Å². The van der Waals surface area contributed by atoms with E-state index in [2.05, 4.69) is 12.2 Å². The van der Waals surface area contributed by atoms with Crippen molar-refractivity contribution >= 4 is 17.7 Å². The summed E-state index contributed by atoms with van der Waals surface area (Å²) in [6.07, 6.45) is -1.12. The van der Waals surface area contributed by atoms with E-state index in [4.69, 9.17) is 9.47 Å². The first-order valence-corrected chi connectivity index (χ1v) is 16.0. The minimum atomic E-state index is -2.34. The number of aliphatic hydroxyl groups excluding tert-OH is 2. The van der Waals surface area contributed by atoms with Crippen molar-refractivity contribution in [1.82, 2.24) is 5.32 Å². The molecule has 3 N–H and O–H groups in total. The third-order valence-electron chi connectivity index (χ3n) is 7.97. The van der Waals surface area contributed by atoms with E-state index in [1.165, 1.54) is 0 Å². The van der Waals surface area contributed by atoms with Gasteiger partial charge < -0.3 is 25.0 Å². The highest BCUT2D eigenvalue weighted by Gasteiger charge is 2.38. The molecule has 12 heteroatoms. The molecule has 1 aliphatic rings. The Bertz CT molecular complexity index is 1680. The zero-order valence-corrected chi connectivity index (χ0v) is 26.0. The molecule has 4 atom stereocenters. The Hall–Kier alpha value is -3.81. The first kappa shape index (κ1) is 34.5. The van der Waals surface area contributed by atoms with Gasteiger partial charge in [0.1, 0.15) is 5.56 Å². The fourth-order valence-electron chi connectivity index (χ4n) is 5.34. The summed E-state index contributed by atoms with van der Waals surface area (Å²) in [7, 11) is 0. The number of nitrogens with one attached hydrogen (secondary N) is 1. The quantitative estimate of drug-likeness (QED) is 0.0689. The molecule has 4 unspecified atom stereocenters. The molecular weight excluding hydrogens is 641 g/mol. The van der Waals surface area contributed by atoms with Gasteiger partial charge in [0.25, 0.3) is 5.91 Å². The van der Waals surface area contributed by atoms with Crippen LogP contribution < -0.4 is 5.32 Å². The minimum Gasteiger partial charge on any atom is -0.396 e. The molecule has 0 spiro atoms. The van der Waals surface area contributed by atoms with Gasteiger partial charge in [0.15, 0.2) is 29.6 Å². The van der Waals surface area contributed by atoms with Crippen LogP contribution in [-0.2, 0) is 22.6 Å². The van der Waals surface area contributed by atoms with Gasteiger partial charge >= 0.3 is 0 Å². The Labute approximate surface area is 272 Å². The predicted octanol–water partition coefficient (Wildman–Crippen LogP) is 6.99. The van der Waals surface area contributed by atoms with Crippen LogP contribution in [0, 0.1) is 35.0 Å². The number of carbonyl (C=O) groups is 1. The monoisotopic (exact) mass is 673 g/mol. The van der Waals surface area contributed by atoms with Crippen molar-refractivity contribution < 1.29 is 46.4 Å². The van der Waals surface area contributed by atoms with Gasteiger partial charge in [-0.15, -0.1) is 0 Å². The van der Waals surface area contributed by atoms with Crippen molar-refractivity contribution in [1.29, 1.82) is 0 Å². The highest BCUT2D eigenvalue weighted by atomic mass is 32.2. The van der Waals surface area contributed by atoms with Gasteiger partial charge in [-0.3, -0.25) is 4.79 Å². The van der Waals surface area contributed by atoms with Crippen LogP contribution >= 0.6 is 11.8 Å². The van der Waals surface area contributed by atoms with Crippen LogP contribution in [0.4, 0.5) is 22.0 Å². The second kappa shape index (κ2) is 15.4. The Morgan fingerprint density at radius 2 is 1.43 bits per heavy atom. The largest absolute Gasteiger partial charge is 0.396 e. The van der Waals surface area contributed by atoms with E-state index >= 15 is 0 Å². The normalized spacial score (nSPS) is 19.5. The van der Waals surface area contributed by atoms with Crippen LogP contribution in [0.3, 0.4) is 0 Å². The SMILES string of the molecule is CC1C(CSCCO)OC(c2ccc(-c3cccc(CNC(=O)c4c(F)c(F)c(F)c(F)c4F)c3)cc2)OC1c1ccc(CO)cc1. The number of amides is 1. The van der Waals surface area contributed by atoms with Crippen molar-refractivity contribution in [3.8, 4) is 11.1 Å². The molecule has 0 aliphatic carbocycles. The molecule has 1 amide bonds. The average molecular weight is 674 g/mol. The maximum absolute atomic E-state index is 14.1. The van der Waals surface area contributed by atoms with E-state index in [1.54, 1.807) is 30.0 Å². The van der Waals surface area contributed by atoms with Crippen LogP contribution in [-0.4, -0.2) is 40.3 Å². The van der Waals surface area contributed by atoms with Gasteiger partial charge in [-0.25, -0.2) is 22.0 Å². The lowest BCUT2D eigenvalue weighted by molar-refractivity contribution is -0.268. The van der Waals surface area contributed by atoms with Crippen LogP contribution in [0.15, 0.2) is 72.8 Å². The van der Waals surface area contributed by atoms with E-state index in [9.17, 15) is 37.0 Å². The third-order valence-corrected chi connectivity index (χ3v) is 9.01. The molecule has 0 aromatic heterocycles. The van der Waals surface area contributed by atoms with Gasteiger partial charge in [-0.05, 0) is 33.9 Å². The molecule has 0 radical (unpaired) electrons. The lowest BCUT2D eigenvalue weighted by Gasteiger charge is -2.41. The lowest BCUT2D eigenvalue weighted by atomic mass is 9.91. The number of aliphatic hydroxyl groups is 2. The molecule has 248 valence electrons. The number of benzene rings is 4. The van der Waals surface area contributed by atoms with E-state index < -0.39 is 46.8 Å². The summed E-state index contributed by atoms with van der Waals surface area (Å²) in [5.41, 5.74) is 3.06. The maximum Gasteiger partial charge on any atom is 0.257 e. The fraction of sp³-hybridized carbons (Fsp3) is 0.286. The number of ether oxygens (including phenoxy) is 2. The number of hydrogen-bond donors (Lipinski definition) is 3. The average Bonchev–Trinajstić information content (AvgIpc) is 3.10. The molecule has 4 aromatic carbocycles. The summed E-state index contributed by atoms with van der Waals surface area (Å²) in [5.74, 6) is -11.3. The van der Waals surface area contributed by atoms with Crippen LogP contribution in [0.25, 0.3) is 11.1 Å². The van der Waals surface area contributed by atoms with E-state index in [-0.39, 0.29) is 37.9 Å². The van der Waals surface area contributed by atoms with E-state index in [1.807, 2.05) is 54.6 Å². The smallest absolute Gasteiger partial charge is 0.257 e. The van der Waals surface area contributed by atoms with Crippen molar-refractivity contribution in [2.45, 2.75) is 38.6 Å². The van der Waals surface area contributed by atoms with Gasteiger partial charge in [0.2, 0.25) is 5.82 Å². The zero-order chi connectivity index (χ0) is 33.7. The van der Waals surface area contributed by atoms with E-state index in [0.29, 0.717) is 17.1 Å². The Morgan fingerprint density at radius 1 is 0.787 bits per heavy atom. The molecule has 1 heterocycles. The first-order valence-electron chi connectivity index (χ1n) is 14.8. The molecule has 1 saturated heterocycles. The number of carbonyl (C=O) groups excluding carboxylic acids is 1. The molecule has 1 aliphatic heterocycles. The van der Waals surface area contributed by atoms with Gasteiger partial charge in [-0.2, -0.15) is 11.8 Å². The molecule has 5 rings (SSSR count). The predicted molar refractivity (Wildman–Crippen MR) is 167 cm³/mol. The second-order valence-electron chi connectivity index (χ2n) is 11.1. The first-order chi connectivity index (χ1) is 22.6. The molecule has 0 saturated carbocycles.